The molecule has 0 aliphatic carbocycles. The number of piperazine rings is 1. The first-order chi connectivity index (χ1) is 11.2. The second kappa shape index (κ2) is 7.90. The number of ether oxygens (including phenoxy) is 1. The van der Waals surface area contributed by atoms with E-state index in [-0.39, 0.29) is 0 Å². The predicted molar refractivity (Wildman–Crippen MR) is 92.2 cm³/mol. The number of likely N-dealkylation sites (N-methyl/N-ethyl adjacent to an activating group) is 1. The Morgan fingerprint density at radius 2 is 1.83 bits per heavy atom. The third-order valence-electron chi connectivity index (χ3n) is 4.48. The Balaban J connectivity index is 1.54. The van der Waals surface area contributed by atoms with Gasteiger partial charge in [0.2, 0.25) is 5.95 Å². The average Bonchev–Trinajstić information content (AvgIpc) is 2.56. The van der Waals surface area contributed by atoms with Gasteiger partial charge in [-0.05, 0) is 14.0 Å². The summed E-state index contributed by atoms with van der Waals surface area (Å²) in [5, 5.41) is 3.38. The van der Waals surface area contributed by atoms with E-state index < -0.39 is 0 Å². The molecule has 0 aromatic carbocycles. The fraction of sp³-hybridized carbons (Fsp3) is 0.750. The van der Waals surface area contributed by atoms with Gasteiger partial charge in [-0.25, -0.2) is 4.98 Å². The van der Waals surface area contributed by atoms with Gasteiger partial charge in [-0.15, -0.1) is 0 Å². The molecule has 7 nitrogen and oxygen atoms in total. The number of nitrogens with one attached hydrogen (secondary N) is 1. The highest BCUT2D eigenvalue weighted by molar-refractivity contribution is 5.45. The van der Waals surface area contributed by atoms with Gasteiger partial charge in [0.15, 0.2) is 0 Å². The van der Waals surface area contributed by atoms with Crippen LogP contribution in [0.4, 0.5) is 11.8 Å². The van der Waals surface area contributed by atoms with E-state index in [2.05, 4.69) is 38.1 Å². The van der Waals surface area contributed by atoms with Crippen molar-refractivity contribution in [2.45, 2.75) is 6.92 Å². The second-order valence-electron chi connectivity index (χ2n) is 6.36. The number of hydrogen-bond donors (Lipinski definition) is 1. The molecule has 0 amide bonds. The summed E-state index contributed by atoms with van der Waals surface area (Å²) in [6, 6.07) is 2.08. The summed E-state index contributed by atoms with van der Waals surface area (Å²) in [4.78, 5) is 16.3. The van der Waals surface area contributed by atoms with Crippen molar-refractivity contribution in [1.82, 2.24) is 19.8 Å². The van der Waals surface area contributed by atoms with Crippen LogP contribution in [0.25, 0.3) is 0 Å². The number of hydrogen-bond acceptors (Lipinski definition) is 7. The normalized spacial score (nSPS) is 20.7. The van der Waals surface area contributed by atoms with Gasteiger partial charge in [-0.1, -0.05) is 0 Å². The Morgan fingerprint density at radius 3 is 2.57 bits per heavy atom. The SMILES string of the molecule is Cc1cc(N2CCN(C)CC2)nc(NCCN2CCOCC2)n1. The summed E-state index contributed by atoms with van der Waals surface area (Å²) in [5.74, 6) is 1.78. The molecule has 2 aliphatic heterocycles. The van der Waals surface area contributed by atoms with E-state index in [1.165, 1.54) is 0 Å². The van der Waals surface area contributed by atoms with Crippen LogP contribution in [0.5, 0.6) is 0 Å². The number of nitrogens with zero attached hydrogens (tertiary/aromatic N) is 5. The quantitative estimate of drug-likeness (QED) is 0.836. The lowest BCUT2D eigenvalue weighted by Gasteiger charge is -2.33. The zero-order chi connectivity index (χ0) is 16.1. The smallest absolute Gasteiger partial charge is 0.224 e. The zero-order valence-corrected chi connectivity index (χ0v) is 14.3. The summed E-state index contributed by atoms with van der Waals surface area (Å²) in [6.45, 7) is 11.9. The lowest BCUT2D eigenvalue weighted by atomic mass is 10.3. The van der Waals surface area contributed by atoms with Gasteiger partial charge < -0.3 is 19.9 Å². The van der Waals surface area contributed by atoms with Crippen LogP contribution >= 0.6 is 0 Å². The minimum atomic E-state index is 0.743. The maximum atomic E-state index is 5.37. The van der Waals surface area contributed by atoms with Gasteiger partial charge in [0.1, 0.15) is 5.82 Å². The van der Waals surface area contributed by atoms with Crippen molar-refractivity contribution in [1.29, 1.82) is 0 Å². The van der Waals surface area contributed by atoms with Crippen LogP contribution in [0.1, 0.15) is 5.69 Å². The van der Waals surface area contributed by atoms with Crippen molar-refractivity contribution in [3.63, 3.8) is 0 Å². The average molecular weight is 320 g/mol. The van der Waals surface area contributed by atoms with Crippen molar-refractivity contribution >= 4 is 11.8 Å². The van der Waals surface area contributed by atoms with E-state index in [4.69, 9.17) is 9.72 Å². The summed E-state index contributed by atoms with van der Waals surface area (Å²) in [6.07, 6.45) is 0. The van der Waals surface area contributed by atoms with E-state index in [0.717, 1.165) is 83.0 Å². The molecular weight excluding hydrogens is 292 g/mol. The molecule has 0 radical (unpaired) electrons. The largest absolute Gasteiger partial charge is 0.379 e. The fourth-order valence-corrected chi connectivity index (χ4v) is 2.98. The van der Waals surface area contributed by atoms with Gasteiger partial charge >= 0.3 is 0 Å². The molecule has 1 N–H and O–H groups in total. The monoisotopic (exact) mass is 320 g/mol. The molecule has 1 aromatic heterocycles. The van der Waals surface area contributed by atoms with Crippen molar-refractivity contribution in [3.05, 3.63) is 11.8 Å². The highest BCUT2D eigenvalue weighted by Gasteiger charge is 2.16. The first-order valence-corrected chi connectivity index (χ1v) is 8.54. The summed E-state index contributed by atoms with van der Waals surface area (Å²) in [5.41, 5.74) is 1.02. The number of morpholine rings is 1. The molecular formula is C16H28N6O. The van der Waals surface area contributed by atoms with E-state index in [1.807, 2.05) is 6.92 Å². The van der Waals surface area contributed by atoms with E-state index in [0.29, 0.717) is 0 Å². The molecule has 0 spiro atoms. The molecule has 7 heteroatoms. The predicted octanol–water partition coefficient (Wildman–Crippen LogP) is 0.281. The Morgan fingerprint density at radius 1 is 1.09 bits per heavy atom. The van der Waals surface area contributed by atoms with E-state index in [9.17, 15) is 0 Å². The maximum Gasteiger partial charge on any atom is 0.224 e. The van der Waals surface area contributed by atoms with Gasteiger partial charge in [0.05, 0.1) is 13.2 Å². The molecule has 2 saturated heterocycles. The third-order valence-corrected chi connectivity index (χ3v) is 4.48. The molecule has 23 heavy (non-hydrogen) atoms. The first-order valence-electron chi connectivity index (χ1n) is 8.54. The number of aromatic nitrogens is 2. The van der Waals surface area contributed by atoms with Crippen LogP contribution < -0.4 is 10.2 Å². The van der Waals surface area contributed by atoms with Crippen LogP contribution in [-0.2, 0) is 4.74 Å². The number of rotatable bonds is 5. The number of aryl methyl sites for hydroxylation is 1. The van der Waals surface area contributed by atoms with E-state index >= 15 is 0 Å². The van der Waals surface area contributed by atoms with Gasteiger partial charge in [0.25, 0.3) is 0 Å². The van der Waals surface area contributed by atoms with Gasteiger partial charge in [0, 0.05) is 64.1 Å². The standard InChI is InChI=1S/C16H28N6O/c1-14-13-15(22-7-5-20(2)6-8-22)19-16(18-14)17-3-4-21-9-11-23-12-10-21/h13H,3-12H2,1-2H3,(H,17,18,19). The minimum absolute atomic E-state index is 0.743. The first kappa shape index (κ1) is 16.4. The molecule has 0 atom stereocenters. The summed E-state index contributed by atoms with van der Waals surface area (Å²) < 4.78 is 5.37. The molecule has 3 heterocycles. The highest BCUT2D eigenvalue weighted by Crippen LogP contribution is 2.16. The van der Waals surface area contributed by atoms with Crippen molar-refractivity contribution < 1.29 is 4.74 Å². The highest BCUT2D eigenvalue weighted by atomic mass is 16.5. The van der Waals surface area contributed by atoms with Crippen LogP contribution in [0.2, 0.25) is 0 Å². The number of anilines is 2. The Labute approximate surface area is 138 Å². The van der Waals surface area contributed by atoms with Gasteiger partial charge in [-0.2, -0.15) is 4.98 Å². The fourth-order valence-electron chi connectivity index (χ4n) is 2.98. The van der Waals surface area contributed by atoms with E-state index in [1.54, 1.807) is 0 Å². The van der Waals surface area contributed by atoms with Crippen LogP contribution in [0, 0.1) is 6.92 Å². The van der Waals surface area contributed by atoms with Crippen LogP contribution in [-0.4, -0.2) is 92.4 Å². The zero-order valence-electron chi connectivity index (χ0n) is 14.3. The minimum Gasteiger partial charge on any atom is -0.379 e. The molecule has 1 aromatic rings. The summed E-state index contributed by atoms with van der Waals surface area (Å²) in [7, 11) is 2.17. The summed E-state index contributed by atoms with van der Waals surface area (Å²) >= 11 is 0. The van der Waals surface area contributed by atoms with Crippen molar-refractivity contribution in [2.24, 2.45) is 0 Å². The molecule has 128 valence electrons. The Kier molecular flexibility index (Phi) is 5.64. The lowest BCUT2D eigenvalue weighted by molar-refractivity contribution is 0.0398. The topological polar surface area (TPSA) is 56.8 Å². The second-order valence-corrected chi connectivity index (χ2v) is 6.36. The van der Waals surface area contributed by atoms with Crippen LogP contribution in [0.3, 0.4) is 0 Å². The van der Waals surface area contributed by atoms with Gasteiger partial charge in [-0.3, -0.25) is 4.90 Å². The molecule has 0 unspecified atom stereocenters. The molecule has 2 aliphatic rings. The molecule has 0 bridgehead atoms. The van der Waals surface area contributed by atoms with Crippen molar-refractivity contribution in [2.75, 3.05) is 82.8 Å². The molecule has 2 fully saturated rings. The lowest BCUT2D eigenvalue weighted by Crippen LogP contribution is -2.45. The van der Waals surface area contributed by atoms with Crippen LogP contribution in [0.15, 0.2) is 6.07 Å². The molecule has 3 rings (SSSR count). The Bertz CT molecular complexity index is 497. The maximum absolute atomic E-state index is 5.37. The third kappa shape index (κ3) is 4.76. The molecule has 0 saturated carbocycles. The Hall–Kier alpha value is -1.44. The van der Waals surface area contributed by atoms with Crippen molar-refractivity contribution in [3.8, 4) is 0 Å².